The summed E-state index contributed by atoms with van der Waals surface area (Å²) in [5.74, 6) is 0.930. The van der Waals surface area contributed by atoms with E-state index < -0.39 is 0 Å². The summed E-state index contributed by atoms with van der Waals surface area (Å²) < 4.78 is 4.81. The van der Waals surface area contributed by atoms with Crippen molar-refractivity contribution in [3.63, 3.8) is 0 Å². The molecule has 2 rings (SSSR count). The summed E-state index contributed by atoms with van der Waals surface area (Å²) in [5, 5.41) is 6.48. The first-order valence-corrected chi connectivity index (χ1v) is 5.49. The highest BCUT2D eigenvalue weighted by atomic mass is 35.5. The highest BCUT2D eigenvalue weighted by Crippen LogP contribution is 2.23. The van der Waals surface area contributed by atoms with Gasteiger partial charge in [-0.25, -0.2) is 0 Å². The van der Waals surface area contributed by atoms with E-state index in [2.05, 4.69) is 15.5 Å². The number of aryl methyl sites for hydroxylation is 1. The lowest BCUT2D eigenvalue weighted by molar-refractivity contribution is -0.125. The molecule has 1 amide bonds. The van der Waals surface area contributed by atoms with Crippen molar-refractivity contribution < 1.29 is 9.32 Å². The van der Waals surface area contributed by atoms with E-state index in [0.29, 0.717) is 18.3 Å². The Balaban J connectivity index is 0.00000144. The normalized spacial score (nSPS) is 23.2. The highest BCUT2D eigenvalue weighted by Gasteiger charge is 2.30. The molecular formula is C10H17ClN4O2. The molecule has 6 nitrogen and oxygen atoms in total. The van der Waals surface area contributed by atoms with E-state index in [-0.39, 0.29) is 30.3 Å². The number of rotatable bonds is 3. The Kier molecular flexibility index (Phi) is 4.89. The van der Waals surface area contributed by atoms with Crippen molar-refractivity contribution in [2.45, 2.75) is 38.8 Å². The summed E-state index contributed by atoms with van der Waals surface area (Å²) in [6, 6.07) is -0.00740. The van der Waals surface area contributed by atoms with Gasteiger partial charge >= 0.3 is 0 Å². The predicted molar refractivity (Wildman–Crippen MR) is 63.4 cm³/mol. The van der Waals surface area contributed by atoms with Gasteiger partial charge in [-0.1, -0.05) is 11.6 Å². The van der Waals surface area contributed by atoms with E-state index >= 15 is 0 Å². The Bertz CT molecular complexity index is 382. The van der Waals surface area contributed by atoms with Crippen molar-refractivity contribution >= 4 is 18.3 Å². The number of nitrogens with one attached hydrogen (secondary N) is 1. The molecule has 1 heterocycles. The third kappa shape index (κ3) is 3.41. The Labute approximate surface area is 106 Å². The molecule has 0 aromatic carbocycles. The second kappa shape index (κ2) is 5.97. The largest absolute Gasteiger partial charge is 0.348 e. The van der Waals surface area contributed by atoms with Crippen LogP contribution in [-0.2, 0) is 11.3 Å². The minimum absolute atomic E-state index is 0. The van der Waals surface area contributed by atoms with Gasteiger partial charge in [0.05, 0.1) is 12.5 Å². The summed E-state index contributed by atoms with van der Waals surface area (Å²) >= 11 is 0. The van der Waals surface area contributed by atoms with Gasteiger partial charge in [0.1, 0.15) is 0 Å². The molecule has 17 heavy (non-hydrogen) atoms. The summed E-state index contributed by atoms with van der Waals surface area (Å²) in [4.78, 5) is 15.8. The first-order valence-electron chi connectivity index (χ1n) is 5.49. The van der Waals surface area contributed by atoms with Gasteiger partial charge in [0.15, 0.2) is 5.82 Å². The van der Waals surface area contributed by atoms with Crippen LogP contribution in [0, 0.1) is 12.8 Å². The lowest BCUT2D eigenvalue weighted by Crippen LogP contribution is -2.38. The van der Waals surface area contributed by atoms with Crippen LogP contribution >= 0.6 is 12.4 Å². The van der Waals surface area contributed by atoms with Crippen LogP contribution in [0.2, 0.25) is 0 Å². The van der Waals surface area contributed by atoms with Crippen LogP contribution in [0.1, 0.15) is 31.0 Å². The highest BCUT2D eigenvalue weighted by molar-refractivity contribution is 5.85. The van der Waals surface area contributed by atoms with E-state index in [1.54, 1.807) is 6.92 Å². The molecule has 2 atom stereocenters. The molecule has 2 unspecified atom stereocenters. The topological polar surface area (TPSA) is 94.0 Å². The summed E-state index contributed by atoms with van der Waals surface area (Å²) in [6.07, 6.45) is 2.83. The number of carbonyl (C=O) groups excluding carboxylic acids is 1. The average Bonchev–Trinajstić information content (AvgIpc) is 2.84. The predicted octanol–water partition coefficient (Wildman–Crippen LogP) is 0.543. The van der Waals surface area contributed by atoms with E-state index in [1.165, 1.54) is 0 Å². The average molecular weight is 261 g/mol. The SMILES string of the molecule is Cc1nc(CNC(=O)C2CCCC2N)no1.Cl. The zero-order chi connectivity index (χ0) is 11.5. The van der Waals surface area contributed by atoms with Gasteiger partial charge in [0, 0.05) is 13.0 Å². The fourth-order valence-electron chi connectivity index (χ4n) is 2.02. The van der Waals surface area contributed by atoms with Gasteiger partial charge in [-0.3, -0.25) is 4.79 Å². The number of amides is 1. The van der Waals surface area contributed by atoms with Gasteiger partial charge in [-0.05, 0) is 12.8 Å². The Morgan fingerprint density at radius 1 is 1.59 bits per heavy atom. The van der Waals surface area contributed by atoms with Crippen LogP contribution in [0.25, 0.3) is 0 Å². The van der Waals surface area contributed by atoms with Crippen molar-refractivity contribution in [2.24, 2.45) is 11.7 Å². The van der Waals surface area contributed by atoms with Crippen LogP contribution in [-0.4, -0.2) is 22.1 Å². The maximum Gasteiger partial charge on any atom is 0.225 e. The second-order valence-corrected chi connectivity index (χ2v) is 4.15. The van der Waals surface area contributed by atoms with Crippen LogP contribution in [0.3, 0.4) is 0 Å². The molecule has 0 radical (unpaired) electrons. The number of carbonyl (C=O) groups is 1. The van der Waals surface area contributed by atoms with Crippen molar-refractivity contribution in [3.8, 4) is 0 Å². The van der Waals surface area contributed by atoms with Gasteiger partial charge in [-0.15, -0.1) is 12.4 Å². The Morgan fingerprint density at radius 3 is 2.88 bits per heavy atom. The molecule has 1 saturated carbocycles. The van der Waals surface area contributed by atoms with Gasteiger partial charge in [-0.2, -0.15) is 4.98 Å². The molecule has 7 heteroatoms. The minimum Gasteiger partial charge on any atom is -0.348 e. The quantitative estimate of drug-likeness (QED) is 0.827. The molecule has 0 spiro atoms. The van der Waals surface area contributed by atoms with E-state index in [0.717, 1.165) is 19.3 Å². The number of halogens is 1. The lowest BCUT2D eigenvalue weighted by Gasteiger charge is -2.13. The number of aromatic nitrogens is 2. The van der Waals surface area contributed by atoms with Crippen LogP contribution in [0.15, 0.2) is 4.52 Å². The van der Waals surface area contributed by atoms with E-state index in [9.17, 15) is 4.79 Å². The molecular weight excluding hydrogens is 244 g/mol. The van der Waals surface area contributed by atoms with Crippen molar-refractivity contribution in [1.82, 2.24) is 15.5 Å². The van der Waals surface area contributed by atoms with Crippen molar-refractivity contribution in [2.75, 3.05) is 0 Å². The minimum atomic E-state index is -0.0620. The molecule has 1 fully saturated rings. The maximum absolute atomic E-state index is 11.8. The van der Waals surface area contributed by atoms with E-state index in [1.807, 2.05) is 0 Å². The monoisotopic (exact) mass is 260 g/mol. The third-order valence-corrected chi connectivity index (χ3v) is 2.90. The molecule has 1 aromatic heterocycles. The summed E-state index contributed by atoms with van der Waals surface area (Å²) in [5.41, 5.74) is 5.84. The van der Waals surface area contributed by atoms with Crippen molar-refractivity contribution in [1.29, 1.82) is 0 Å². The molecule has 0 saturated heterocycles. The standard InChI is InChI=1S/C10H16N4O2.ClH/c1-6-13-9(14-16-6)5-12-10(15)7-3-2-4-8(7)11;/h7-8H,2-5,11H2,1H3,(H,12,15);1H. The molecule has 3 N–H and O–H groups in total. The van der Waals surface area contributed by atoms with Crippen molar-refractivity contribution in [3.05, 3.63) is 11.7 Å². The van der Waals surface area contributed by atoms with Crippen LogP contribution in [0.5, 0.6) is 0 Å². The smallest absolute Gasteiger partial charge is 0.225 e. The molecule has 1 aromatic rings. The summed E-state index contributed by atoms with van der Waals surface area (Å²) in [7, 11) is 0. The summed E-state index contributed by atoms with van der Waals surface area (Å²) in [6.45, 7) is 2.02. The van der Waals surface area contributed by atoms with Gasteiger partial charge in [0.2, 0.25) is 11.8 Å². The zero-order valence-corrected chi connectivity index (χ0v) is 10.5. The number of hydrogen-bond acceptors (Lipinski definition) is 5. The first kappa shape index (κ1) is 13.9. The van der Waals surface area contributed by atoms with Crippen LogP contribution in [0.4, 0.5) is 0 Å². The fourth-order valence-corrected chi connectivity index (χ4v) is 2.02. The Morgan fingerprint density at radius 2 is 2.35 bits per heavy atom. The van der Waals surface area contributed by atoms with E-state index in [4.69, 9.17) is 10.3 Å². The number of hydrogen-bond donors (Lipinski definition) is 2. The fraction of sp³-hybridized carbons (Fsp3) is 0.700. The van der Waals surface area contributed by atoms with Crippen LogP contribution < -0.4 is 11.1 Å². The first-order chi connectivity index (χ1) is 7.66. The lowest BCUT2D eigenvalue weighted by atomic mass is 10.0. The maximum atomic E-state index is 11.8. The molecule has 0 bridgehead atoms. The molecule has 1 aliphatic rings. The third-order valence-electron chi connectivity index (χ3n) is 2.90. The zero-order valence-electron chi connectivity index (χ0n) is 9.68. The number of nitrogens with two attached hydrogens (primary N) is 1. The van der Waals surface area contributed by atoms with Gasteiger partial charge in [0.25, 0.3) is 0 Å². The Hall–Kier alpha value is -1.14. The second-order valence-electron chi connectivity index (χ2n) is 4.15. The molecule has 96 valence electrons. The van der Waals surface area contributed by atoms with Gasteiger partial charge < -0.3 is 15.6 Å². The molecule has 0 aliphatic heterocycles. The number of nitrogens with zero attached hydrogens (tertiary/aromatic N) is 2. The molecule has 1 aliphatic carbocycles.